The van der Waals surface area contributed by atoms with E-state index in [9.17, 15) is 4.79 Å². The maximum atomic E-state index is 11.8. The van der Waals surface area contributed by atoms with Crippen molar-refractivity contribution in [3.05, 3.63) is 70.7 Å². The van der Waals surface area contributed by atoms with Crippen LogP contribution in [0.15, 0.2) is 70.2 Å². The zero-order valence-electron chi connectivity index (χ0n) is 13.7. The van der Waals surface area contributed by atoms with Crippen molar-refractivity contribution >= 4 is 34.1 Å². The molecule has 0 unspecified atom stereocenters. The molecular formula is C18H15BrN6O. The summed E-state index contributed by atoms with van der Waals surface area (Å²) in [5, 5.41) is 15.8. The fraction of sp³-hybridized carbons (Fsp3) is 0.0556. The lowest BCUT2D eigenvalue weighted by molar-refractivity contribution is -0.122. The van der Waals surface area contributed by atoms with Crippen LogP contribution in [0, 0.1) is 0 Å². The number of carbonyl (C=O) groups excluding carboxylic acids is 1. The van der Waals surface area contributed by atoms with Crippen molar-refractivity contribution in [3.63, 3.8) is 0 Å². The standard InChI is InChI=1S/C18H15BrN6O/c19-16-10-8-14(9-11-16)5-4-12-20-21-17(26)13-25-23-18(22-24-25)15-6-2-1-3-7-15/h1-12H,13H2,(H,21,26)/b5-4+,20-12+. The second kappa shape index (κ2) is 8.82. The zero-order chi connectivity index (χ0) is 18.2. The lowest BCUT2D eigenvalue weighted by atomic mass is 10.2. The van der Waals surface area contributed by atoms with E-state index < -0.39 is 0 Å². The SMILES string of the molecule is O=C(Cn1nnc(-c2ccccc2)n1)N/N=C/C=C/c1ccc(Br)cc1. The molecule has 1 N–H and O–H groups in total. The third kappa shape index (κ3) is 5.18. The maximum Gasteiger partial charge on any atom is 0.263 e. The maximum absolute atomic E-state index is 11.8. The van der Waals surface area contributed by atoms with Crippen LogP contribution in [0.5, 0.6) is 0 Å². The molecule has 0 saturated heterocycles. The molecule has 1 amide bonds. The number of hydrogen-bond acceptors (Lipinski definition) is 5. The molecule has 7 nitrogen and oxygen atoms in total. The van der Waals surface area contributed by atoms with E-state index in [4.69, 9.17) is 0 Å². The van der Waals surface area contributed by atoms with Gasteiger partial charge in [-0.2, -0.15) is 9.90 Å². The first-order valence-electron chi connectivity index (χ1n) is 7.78. The van der Waals surface area contributed by atoms with E-state index in [1.54, 1.807) is 6.08 Å². The highest BCUT2D eigenvalue weighted by Gasteiger charge is 2.08. The summed E-state index contributed by atoms with van der Waals surface area (Å²) in [6.45, 7) is -0.0619. The van der Waals surface area contributed by atoms with Crippen molar-refractivity contribution in [1.29, 1.82) is 0 Å². The number of amides is 1. The Hall–Kier alpha value is -3.13. The van der Waals surface area contributed by atoms with Gasteiger partial charge in [-0.15, -0.1) is 10.2 Å². The van der Waals surface area contributed by atoms with Gasteiger partial charge in [0.05, 0.1) is 0 Å². The number of hydrogen-bond donors (Lipinski definition) is 1. The summed E-state index contributed by atoms with van der Waals surface area (Å²) in [6, 6.07) is 17.3. The van der Waals surface area contributed by atoms with Crippen molar-refractivity contribution in [2.24, 2.45) is 5.10 Å². The summed E-state index contributed by atoms with van der Waals surface area (Å²) in [5.74, 6) is 0.134. The molecule has 2 aromatic carbocycles. The van der Waals surface area contributed by atoms with E-state index in [0.717, 1.165) is 15.6 Å². The molecule has 3 aromatic rings. The second-order valence-electron chi connectivity index (χ2n) is 5.23. The Labute approximate surface area is 158 Å². The molecule has 0 spiro atoms. The number of tetrazole rings is 1. The first-order valence-corrected chi connectivity index (χ1v) is 8.57. The fourth-order valence-corrected chi connectivity index (χ4v) is 2.32. The van der Waals surface area contributed by atoms with Gasteiger partial charge in [-0.3, -0.25) is 4.79 Å². The second-order valence-corrected chi connectivity index (χ2v) is 6.15. The molecule has 0 aliphatic rings. The Balaban J connectivity index is 1.48. The molecule has 1 heterocycles. The number of nitrogens with zero attached hydrogens (tertiary/aromatic N) is 5. The quantitative estimate of drug-likeness (QED) is 0.499. The summed E-state index contributed by atoms with van der Waals surface area (Å²) in [7, 11) is 0. The van der Waals surface area contributed by atoms with Crippen LogP contribution < -0.4 is 5.43 Å². The van der Waals surface area contributed by atoms with Gasteiger partial charge in [0.15, 0.2) is 0 Å². The molecule has 1 aromatic heterocycles. The van der Waals surface area contributed by atoms with Crippen LogP contribution in [0.4, 0.5) is 0 Å². The Kier molecular flexibility index (Phi) is 6.00. The lowest BCUT2D eigenvalue weighted by Crippen LogP contribution is -2.24. The van der Waals surface area contributed by atoms with Gasteiger partial charge in [-0.25, -0.2) is 5.43 Å². The predicted molar refractivity (Wildman–Crippen MR) is 103 cm³/mol. The Morgan fingerprint density at radius 1 is 1.15 bits per heavy atom. The van der Waals surface area contributed by atoms with Crippen LogP contribution in [-0.4, -0.2) is 32.3 Å². The predicted octanol–water partition coefficient (Wildman–Crippen LogP) is 2.92. The van der Waals surface area contributed by atoms with Crippen LogP contribution in [0.25, 0.3) is 17.5 Å². The highest BCUT2D eigenvalue weighted by Crippen LogP contribution is 2.12. The number of halogens is 1. The number of allylic oxidation sites excluding steroid dienone is 1. The van der Waals surface area contributed by atoms with E-state index in [-0.39, 0.29) is 12.5 Å². The molecule has 0 bridgehead atoms. The van der Waals surface area contributed by atoms with Gasteiger partial charge in [-0.05, 0) is 29.0 Å². The van der Waals surface area contributed by atoms with Crippen molar-refractivity contribution in [1.82, 2.24) is 25.6 Å². The third-order valence-corrected chi connectivity index (χ3v) is 3.81. The van der Waals surface area contributed by atoms with E-state index in [1.165, 1.54) is 11.0 Å². The first kappa shape index (κ1) is 17.7. The molecule has 0 radical (unpaired) electrons. The van der Waals surface area contributed by atoms with Crippen molar-refractivity contribution in [3.8, 4) is 11.4 Å². The van der Waals surface area contributed by atoms with Gasteiger partial charge in [0.25, 0.3) is 5.91 Å². The monoisotopic (exact) mass is 410 g/mol. The Morgan fingerprint density at radius 2 is 1.92 bits per heavy atom. The van der Waals surface area contributed by atoms with Gasteiger partial charge in [0.1, 0.15) is 6.54 Å². The fourth-order valence-electron chi connectivity index (χ4n) is 2.06. The largest absolute Gasteiger partial charge is 0.271 e. The van der Waals surface area contributed by atoms with Gasteiger partial charge in [0.2, 0.25) is 5.82 Å². The van der Waals surface area contributed by atoms with E-state index >= 15 is 0 Å². The molecule has 0 fully saturated rings. The highest BCUT2D eigenvalue weighted by atomic mass is 79.9. The third-order valence-electron chi connectivity index (χ3n) is 3.28. The summed E-state index contributed by atoms with van der Waals surface area (Å²) in [5.41, 5.74) is 4.30. The molecule has 8 heteroatoms. The molecule has 26 heavy (non-hydrogen) atoms. The van der Waals surface area contributed by atoms with Crippen LogP contribution in [0.1, 0.15) is 5.56 Å². The molecule has 0 aliphatic heterocycles. The van der Waals surface area contributed by atoms with Crippen molar-refractivity contribution in [2.75, 3.05) is 0 Å². The smallest absolute Gasteiger partial charge is 0.263 e. The van der Waals surface area contributed by atoms with E-state index in [2.05, 4.69) is 41.9 Å². The minimum Gasteiger partial charge on any atom is -0.271 e. The van der Waals surface area contributed by atoms with Crippen LogP contribution >= 0.6 is 15.9 Å². The summed E-state index contributed by atoms with van der Waals surface area (Å²) in [4.78, 5) is 13.1. The average Bonchev–Trinajstić information content (AvgIpc) is 3.12. The topological polar surface area (TPSA) is 85.1 Å². The van der Waals surface area contributed by atoms with Crippen LogP contribution in [0.2, 0.25) is 0 Å². The van der Waals surface area contributed by atoms with Gasteiger partial charge in [-0.1, -0.05) is 64.5 Å². The first-order chi connectivity index (χ1) is 12.7. The number of hydrazone groups is 1. The lowest BCUT2D eigenvalue weighted by Gasteiger charge is -1.97. The zero-order valence-corrected chi connectivity index (χ0v) is 15.2. The van der Waals surface area contributed by atoms with E-state index in [0.29, 0.717) is 5.82 Å². The summed E-state index contributed by atoms with van der Waals surface area (Å²) >= 11 is 3.38. The van der Waals surface area contributed by atoms with Gasteiger partial charge < -0.3 is 0 Å². The number of benzene rings is 2. The number of aromatic nitrogens is 4. The minimum atomic E-state index is -0.338. The molecule has 0 aliphatic carbocycles. The minimum absolute atomic E-state index is 0.0619. The molecular weight excluding hydrogens is 396 g/mol. The normalized spacial score (nSPS) is 11.3. The molecule has 130 valence electrons. The van der Waals surface area contributed by atoms with Crippen LogP contribution in [0.3, 0.4) is 0 Å². The van der Waals surface area contributed by atoms with Gasteiger partial charge >= 0.3 is 0 Å². The molecule has 3 rings (SSSR count). The summed E-state index contributed by atoms with van der Waals surface area (Å²) < 4.78 is 1.02. The number of carbonyl (C=O) groups is 1. The van der Waals surface area contributed by atoms with Gasteiger partial charge in [0, 0.05) is 16.3 Å². The number of nitrogens with one attached hydrogen (secondary N) is 1. The molecule has 0 saturated carbocycles. The van der Waals surface area contributed by atoms with Crippen molar-refractivity contribution < 1.29 is 4.79 Å². The molecule has 0 atom stereocenters. The summed E-state index contributed by atoms with van der Waals surface area (Å²) in [6.07, 6.45) is 5.13. The Morgan fingerprint density at radius 3 is 2.69 bits per heavy atom. The number of rotatable bonds is 6. The van der Waals surface area contributed by atoms with E-state index in [1.807, 2.05) is 60.7 Å². The highest BCUT2D eigenvalue weighted by molar-refractivity contribution is 9.10. The van der Waals surface area contributed by atoms with Crippen LogP contribution in [-0.2, 0) is 11.3 Å². The Bertz CT molecular complexity index is 918. The average molecular weight is 411 g/mol. The van der Waals surface area contributed by atoms with Crippen molar-refractivity contribution in [2.45, 2.75) is 6.54 Å².